The molecule has 0 fully saturated rings. The fraction of sp³-hybridized carbons (Fsp3) is 0.304. The quantitative estimate of drug-likeness (QED) is 0.491. The van der Waals surface area contributed by atoms with E-state index in [4.69, 9.17) is 30.5 Å². The highest BCUT2D eigenvalue weighted by Crippen LogP contribution is 2.46. The fourth-order valence-corrected chi connectivity index (χ4v) is 3.94. The number of benzene rings is 2. The molecule has 3 rings (SSSR count). The average molecular weight is 492 g/mol. The Morgan fingerprint density at radius 1 is 1.15 bits per heavy atom. The first-order chi connectivity index (χ1) is 16.0. The van der Waals surface area contributed by atoms with Crippen LogP contribution in [0.4, 0.5) is 0 Å². The molecule has 0 saturated heterocycles. The molecule has 1 amide bonds. The van der Waals surface area contributed by atoms with Crippen molar-refractivity contribution in [3.63, 3.8) is 0 Å². The fourth-order valence-electron chi connectivity index (χ4n) is 3.21. The van der Waals surface area contributed by atoms with Gasteiger partial charge < -0.3 is 29.6 Å². The zero-order chi connectivity index (χ0) is 23.8. The molecule has 0 radical (unpaired) electrons. The normalized spacial score (nSPS) is 15.0. The van der Waals surface area contributed by atoms with Crippen LogP contribution in [0, 0.1) is 0 Å². The number of methoxy groups -OCH3 is 3. The van der Waals surface area contributed by atoms with Gasteiger partial charge in [-0.25, -0.2) is 0 Å². The van der Waals surface area contributed by atoms with Gasteiger partial charge in [0.15, 0.2) is 17.0 Å². The molecule has 2 aromatic carbocycles. The topological polar surface area (TPSA) is 90.4 Å². The number of hydrogen-bond donors (Lipinski definition) is 2. The van der Waals surface area contributed by atoms with Crippen molar-refractivity contribution in [2.75, 3.05) is 40.7 Å². The number of para-hydroxylation sites is 1. The molecule has 8 nitrogen and oxygen atoms in total. The van der Waals surface area contributed by atoms with E-state index in [2.05, 4.69) is 15.6 Å². The lowest BCUT2D eigenvalue weighted by Crippen LogP contribution is -2.36. The number of nitrogens with zero attached hydrogens (tertiary/aromatic N) is 1. The second kappa shape index (κ2) is 11.7. The minimum atomic E-state index is -0.317. The van der Waals surface area contributed by atoms with Crippen molar-refractivity contribution >= 4 is 41.2 Å². The minimum Gasteiger partial charge on any atom is -0.493 e. The Hall–Kier alpha value is -3.04. The van der Waals surface area contributed by atoms with Crippen LogP contribution in [0.1, 0.15) is 5.56 Å². The van der Waals surface area contributed by atoms with E-state index in [0.29, 0.717) is 47.2 Å². The summed E-state index contributed by atoms with van der Waals surface area (Å²) in [6, 6.07) is 11.1. The number of nitrogens with one attached hydrogen (secondary N) is 2. The van der Waals surface area contributed by atoms with Gasteiger partial charge in [-0.3, -0.25) is 9.79 Å². The smallest absolute Gasteiger partial charge is 0.255 e. The van der Waals surface area contributed by atoms with Gasteiger partial charge in [-0.15, -0.1) is 11.8 Å². The lowest BCUT2D eigenvalue weighted by atomic mass is 10.0. The molecule has 1 atom stereocenters. The summed E-state index contributed by atoms with van der Waals surface area (Å²) in [7, 11) is 4.51. The van der Waals surface area contributed by atoms with E-state index in [-0.39, 0.29) is 16.4 Å². The van der Waals surface area contributed by atoms with Crippen LogP contribution in [0.15, 0.2) is 47.0 Å². The van der Waals surface area contributed by atoms with Crippen molar-refractivity contribution in [3.05, 3.63) is 52.6 Å². The molecule has 2 N–H and O–H groups in total. The summed E-state index contributed by atoms with van der Waals surface area (Å²) in [5.41, 5.74) is 1.08. The van der Waals surface area contributed by atoms with Crippen LogP contribution in [-0.2, 0) is 4.79 Å². The molecule has 0 bridgehead atoms. The van der Waals surface area contributed by atoms with Gasteiger partial charge in [0.1, 0.15) is 12.4 Å². The Balaban J connectivity index is 1.89. The molecule has 33 heavy (non-hydrogen) atoms. The number of amides is 1. The number of hydrogen-bond acceptors (Lipinski definition) is 8. The maximum absolute atomic E-state index is 13.0. The Morgan fingerprint density at radius 3 is 2.52 bits per heavy atom. The van der Waals surface area contributed by atoms with E-state index in [9.17, 15) is 4.79 Å². The number of ether oxygens (including phenoxy) is 4. The van der Waals surface area contributed by atoms with Gasteiger partial charge in [0, 0.05) is 11.8 Å². The van der Waals surface area contributed by atoms with Crippen molar-refractivity contribution in [1.82, 2.24) is 10.6 Å². The van der Waals surface area contributed by atoms with Gasteiger partial charge >= 0.3 is 0 Å². The highest BCUT2D eigenvalue weighted by molar-refractivity contribution is 7.99. The molecule has 1 heterocycles. The maximum atomic E-state index is 13.0. The Labute approximate surface area is 202 Å². The molecule has 0 aromatic heterocycles. The minimum absolute atomic E-state index is 0.283. The summed E-state index contributed by atoms with van der Waals surface area (Å²) in [5.74, 6) is 1.51. The molecule has 2 aromatic rings. The first kappa shape index (κ1) is 24.6. The Bertz CT molecular complexity index is 1050. The van der Waals surface area contributed by atoms with Crippen molar-refractivity contribution < 1.29 is 23.7 Å². The molecule has 0 spiro atoms. The number of carbonyl (C=O) groups excluding carboxylic acids is 1. The number of carbonyl (C=O) groups is 1. The second-order valence-corrected chi connectivity index (χ2v) is 8.02. The molecular formula is C23H26ClN3O5S. The van der Waals surface area contributed by atoms with E-state index >= 15 is 0 Å². The standard InChI is InChI=1S/C23H26ClN3O5S/c1-29-17-12-15(18(24)21(31-3)20(17)30-2)19-16(13-26-23(27-19)33-4)22(28)25-10-11-32-14-8-6-5-7-9-14/h5-9,12-13,23,27H,10-11H2,1-4H3,(H,25,28). The first-order valence-electron chi connectivity index (χ1n) is 10.1. The number of thioether (sulfide) groups is 1. The molecule has 10 heteroatoms. The van der Waals surface area contributed by atoms with E-state index in [1.807, 2.05) is 36.6 Å². The molecule has 1 aliphatic heterocycles. The van der Waals surface area contributed by atoms with Gasteiger partial charge in [0.2, 0.25) is 5.75 Å². The van der Waals surface area contributed by atoms with Crippen molar-refractivity contribution in [1.29, 1.82) is 0 Å². The summed E-state index contributed by atoms with van der Waals surface area (Å²) in [4.78, 5) is 17.4. The first-order valence-corrected chi connectivity index (χ1v) is 11.7. The molecule has 176 valence electrons. The highest BCUT2D eigenvalue weighted by atomic mass is 35.5. The predicted octanol–water partition coefficient (Wildman–Crippen LogP) is 3.59. The summed E-state index contributed by atoms with van der Waals surface area (Å²) in [6.45, 7) is 0.634. The largest absolute Gasteiger partial charge is 0.493 e. The maximum Gasteiger partial charge on any atom is 0.255 e. The van der Waals surface area contributed by atoms with E-state index in [1.54, 1.807) is 12.3 Å². The lowest BCUT2D eigenvalue weighted by Gasteiger charge is -2.25. The van der Waals surface area contributed by atoms with Gasteiger partial charge in [-0.05, 0) is 24.5 Å². The average Bonchev–Trinajstić information content (AvgIpc) is 2.86. The van der Waals surface area contributed by atoms with Crippen LogP contribution in [0.25, 0.3) is 5.70 Å². The van der Waals surface area contributed by atoms with E-state index < -0.39 is 0 Å². The third-order valence-electron chi connectivity index (χ3n) is 4.78. The van der Waals surface area contributed by atoms with Crippen LogP contribution in [0.2, 0.25) is 5.02 Å². The van der Waals surface area contributed by atoms with Gasteiger partial charge in [-0.2, -0.15) is 0 Å². The van der Waals surface area contributed by atoms with E-state index in [1.165, 1.54) is 33.1 Å². The summed E-state index contributed by atoms with van der Waals surface area (Å²) in [5, 5.41) is 6.41. The SMILES string of the molecule is COc1cc(C2=C(C(=O)NCCOc3ccccc3)C=NC(SC)N2)c(Cl)c(OC)c1OC. The van der Waals surface area contributed by atoms with Crippen molar-refractivity contribution in [2.24, 2.45) is 4.99 Å². The molecule has 0 aliphatic carbocycles. The van der Waals surface area contributed by atoms with E-state index in [0.717, 1.165) is 5.75 Å². The summed E-state index contributed by atoms with van der Waals surface area (Å²) < 4.78 is 22.0. The summed E-state index contributed by atoms with van der Waals surface area (Å²) in [6.07, 6.45) is 3.45. The Morgan fingerprint density at radius 2 is 1.88 bits per heavy atom. The molecule has 0 saturated carbocycles. The molecule has 1 aliphatic rings. The van der Waals surface area contributed by atoms with Crippen LogP contribution in [0.3, 0.4) is 0 Å². The van der Waals surface area contributed by atoms with Gasteiger partial charge in [0.25, 0.3) is 5.91 Å². The van der Waals surface area contributed by atoms with Crippen molar-refractivity contribution in [2.45, 2.75) is 5.50 Å². The van der Waals surface area contributed by atoms with Crippen LogP contribution in [-0.4, -0.2) is 58.4 Å². The lowest BCUT2D eigenvalue weighted by molar-refractivity contribution is -0.117. The van der Waals surface area contributed by atoms with Crippen molar-refractivity contribution in [3.8, 4) is 23.0 Å². The number of halogens is 1. The second-order valence-electron chi connectivity index (χ2n) is 6.72. The highest BCUT2D eigenvalue weighted by Gasteiger charge is 2.27. The Kier molecular flexibility index (Phi) is 8.73. The molecular weight excluding hydrogens is 466 g/mol. The number of aliphatic imine (C=N–C) groups is 1. The van der Waals surface area contributed by atoms with Crippen LogP contribution >= 0.6 is 23.4 Å². The predicted molar refractivity (Wildman–Crippen MR) is 132 cm³/mol. The third-order valence-corrected chi connectivity index (χ3v) is 5.84. The monoisotopic (exact) mass is 491 g/mol. The molecule has 1 unspecified atom stereocenters. The summed E-state index contributed by atoms with van der Waals surface area (Å²) >= 11 is 8.16. The van der Waals surface area contributed by atoms with Gasteiger partial charge in [-0.1, -0.05) is 29.8 Å². The van der Waals surface area contributed by atoms with Crippen LogP contribution < -0.4 is 29.6 Å². The number of rotatable bonds is 10. The van der Waals surface area contributed by atoms with Crippen LogP contribution in [0.5, 0.6) is 23.0 Å². The zero-order valence-corrected chi connectivity index (χ0v) is 20.4. The zero-order valence-electron chi connectivity index (χ0n) is 18.8. The third kappa shape index (κ3) is 5.66. The van der Waals surface area contributed by atoms with Gasteiger partial charge in [0.05, 0.1) is 44.2 Å².